The highest BCUT2D eigenvalue weighted by Gasteiger charge is 2.06. The highest BCUT2D eigenvalue weighted by Crippen LogP contribution is 2.17. The molecule has 0 radical (unpaired) electrons. The van der Waals surface area contributed by atoms with Crippen LogP contribution in [0.25, 0.3) is 0 Å². The Bertz CT molecular complexity index is 555. The van der Waals surface area contributed by atoms with Crippen molar-refractivity contribution in [2.75, 3.05) is 6.54 Å². The first-order valence-corrected chi connectivity index (χ1v) is 6.67. The van der Waals surface area contributed by atoms with Crippen LogP contribution in [-0.4, -0.2) is 12.5 Å². The highest BCUT2D eigenvalue weighted by molar-refractivity contribution is 9.10. The van der Waals surface area contributed by atoms with Crippen LogP contribution in [0.3, 0.4) is 0 Å². The molecule has 0 aliphatic rings. The second-order valence-corrected chi connectivity index (χ2v) is 4.96. The predicted molar refractivity (Wildman–Crippen MR) is 73.2 cm³/mol. The lowest BCUT2D eigenvalue weighted by Gasteiger charge is -2.05. The van der Waals surface area contributed by atoms with Gasteiger partial charge in [0.2, 0.25) is 5.91 Å². The topological polar surface area (TPSA) is 42.2 Å². The molecule has 0 aliphatic carbocycles. The monoisotopic (exact) mass is 325 g/mol. The molecule has 1 aromatic heterocycles. The summed E-state index contributed by atoms with van der Waals surface area (Å²) in [4.78, 5) is 11.7. The molecule has 0 saturated heterocycles. The maximum Gasteiger partial charge on any atom is 0.224 e. The Morgan fingerprint density at radius 3 is 2.89 bits per heavy atom. The molecule has 1 heterocycles. The first kappa shape index (κ1) is 13.8. The van der Waals surface area contributed by atoms with Gasteiger partial charge in [-0.15, -0.1) is 0 Å². The van der Waals surface area contributed by atoms with E-state index in [4.69, 9.17) is 4.42 Å². The zero-order chi connectivity index (χ0) is 13.7. The minimum atomic E-state index is -0.332. The van der Waals surface area contributed by atoms with Crippen molar-refractivity contribution in [2.24, 2.45) is 0 Å². The number of carbonyl (C=O) groups is 1. The normalized spacial score (nSPS) is 10.4. The number of halogens is 2. The van der Waals surface area contributed by atoms with Crippen LogP contribution < -0.4 is 5.32 Å². The average molecular weight is 326 g/mol. The summed E-state index contributed by atoms with van der Waals surface area (Å²) in [5.41, 5.74) is 0.767. The van der Waals surface area contributed by atoms with Crippen molar-refractivity contribution in [3.8, 4) is 0 Å². The van der Waals surface area contributed by atoms with E-state index in [9.17, 15) is 9.18 Å². The van der Waals surface area contributed by atoms with Crippen molar-refractivity contribution in [3.63, 3.8) is 0 Å². The van der Waals surface area contributed by atoms with Crippen LogP contribution in [0.2, 0.25) is 0 Å². The molecule has 0 aliphatic heterocycles. The van der Waals surface area contributed by atoms with Gasteiger partial charge in [-0.2, -0.15) is 0 Å². The number of furan rings is 1. The lowest BCUT2D eigenvalue weighted by molar-refractivity contribution is -0.120. The minimum Gasteiger partial charge on any atom is -0.469 e. The van der Waals surface area contributed by atoms with Crippen LogP contribution in [0.1, 0.15) is 11.3 Å². The molecule has 1 aromatic carbocycles. The maximum absolute atomic E-state index is 13.0. The van der Waals surface area contributed by atoms with Gasteiger partial charge in [0.25, 0.3) is 0 Å². The second-order valence-electron chi connectivity index (χ2n) is 4.10. The van der Waals surface area contributed by atoms with Gasteiger partial charge in [-0.3, -0.25) is 4.79 Å². The Morgan fingerprint density at radius 1 is 1.37 bits per heavy atom. The molecule has 2 aromatic rings. The van der Waals surface area contributed by atoms with Crippen molar-refractivity contribution < 1.29 is 13.6 Å². The van der Waals surface area contributed by atoms with E-state index in [1.807, 2.05) is 12.1 Å². The fourth-order valence-electron chi connectivity index (χ4n) is 1.68. The van der Waals surface area contributed by atoms with Gasteiger partial charge in [0.1, 0.15) is 11.6 Å². The molecule has 100 valence electrons. The SMILES string of the molecule is O=C(Cc1ccc(F)c(Br)c1)NCCc1ccco1. The highest BCUT2D eigenvalue weighted by atomic mass is 79.9. The first-order valence-electron chi connectivity index (χ1n) is 5.88. The molecule has 3 nitrogen and oxygen atoms in total. The number of carbonyl (C=O) groups excluding carboxylic acids is 1. The van der Waals surface area contributed by atoms with Crippen LogP contribution in [0.5, 0.6) is 0 Å². The number of hydrogen-bond acceptors (Lipinski definition) is 2. The number of rotatable bonds is 5. The van der Waals surface area contributed by atoms with Crippen LogP contribution in [0.4, 0.5) is 4.39 Å². The lowest BCUT2D eigenvalue weighted by Crippen LogP contribution is -2.27. The Hall–Kier alpha value is -1.62. The Kier molecular flexibility index (Phi) is 4.74. The summed E-state index contributed by atoms with van der Waals surface area (Å²) in [5.74, 6) is 0.414. The zero-order valence-electron chi connectivity index (χ0n) is 10.2. The predicted octanol–water partition coefficient (Wildman–Crippen LogP) is 3.08. The third-order valence-corrected chi connectivity index (χ3v) is 3.23. The molecule has 19 heavy (non-hydrogen) atoms. The molecule has 0 fully saturated rings. The molecular weight excluding hydrogens is 313 g/mol. The molecule has 1 amide bonds. The molecule has 0 atom stereocenters. The summed E-state index contributed by atoms with van der Waals surface area (Å²) in [6, 6.07) is 8.24. The average Bonchev–Trinajstić information content (AvgIpc) is 2.87. The fraction of sp³-hybridized carbons (Fsp3) is 0.214. The van der Waals surface area contributed by atoms with E-state index < -0.39 is 0 Å². The van der Waals surface area contributed by atoms with E-state index in [1.165, 1.54) is 6.07 Å². The van der Waals surface area contributed by atoms with Crippen molar-refractivity contribution >= 4 is 21.8 Å². The molecular formula is C14H13BrFNO2. The summed E-state index contributed by atoms with van der Waals surface area (Å²) < 4.78 is 18.6. The van der Waals surface area contributed by atoms with Gasteiger partial charge in [-0.05, 0) is 45.8 Å². The fourth-order valence-corrected chi connectivity index (χ4v) is 2.10. The van der Waals surface area contributed by atoms with Crippen molar-refractivity contribution in [2.45, 2.75) is 12.8 Å². The number of nitrogens with one attached hydrogen (secondary N) is 1. The molecule has 0 bridgehead atoms. The van der Waals surface area contributed by atoms with Crippen molar-refractivity contribution in [3.05, 3.63) is 58.2 Å². The summed E-state index contributed by atoms with van der Waals surface area (Å²) >= 11 is 3.10. The van der Waals surface area contributed by atoms with Crippen LogP contribution in [-0.2, 0) is 17.6 Å². The van der Waals surface area contributed by atoms with E-state index in [0.717, 1.165) is 11.3 Å². The van der Waals surface area contributed by atoms with Gasteiger partial charge in [-0.1, -0.05) is 6.07 Å². The Balaban J connectivity index is 1.79. The van der Waals surface area contributed by atoms with E-state index in [0.29, 0.717) is 17.4 Å². The second kappa shape index (κ2) is 6.52. The number of benzene rings is 1. The standard InChI is InChI=1S/C14H13BrFNO2/c15-12-8-10(3-4-13(12)16)9-14(18)17-6-5-11-2-1-7-19-11/h1-4,7-8H,5-6,9H2,(H,17,18). The largest absolute Gasteiger partial charge is 0.469 e. The van der Waals surface area contributed by atoms with Gasteiger partial charge in [-0.25, -0.2) is 4.39 Å². The van der Waals surface area contributed by atoms with Gasteiger partial charge < -0.3 is 9.73 Å². The zero-order valence-corrected chi connectivity index (χ0v) is 11.7. The third-order valence-electron chi connectivity index (χ3n) is 2.62. The van der Waals surface area contributed by atoms with Crippen molar-refractivity contribution in [1.29, 1.82) is 0 Å². The van der Waals surface area contributed by atoms with Gasteiger partial charge in [0.05, 0.1) is 17.2 Å². The van der Waals surface area contributed by atoms with Crippen LogP contribution >= 0.6 is 15.9 Å². The quantitative estimate of drug-likeness (QED) is 0.917. The van der Waals surface area contributed by atoms with Crippen LogP contribution in [0, 0.1) is 5.82 Å². The number of hydrogen-bond donors (Lipinski definition) is 1. The minimum absolute atomic E-state index is 0.0925. The van der Waals surface area contributed by atoms with E-state index in [1.54, 1.807) is 18.4 Å². The lowest BCUT2D eigenvalue weighted by atomic mass is 10.1. The first-order chi connectivity index (χ1) is 9.15. The maximum atomic E-state index is 13.0. The summed E-state index contributed by atoms with van der Waals surface area (Å²) in [6.07, 6.45) is 2.50. The van der Waals surface area contributed by atoms with Gasteiger partial charge >= 0.3 is 0 Å². The molecule has 0 unspecified atom stereocenters. The summed E-state index contributed by atoms with van der Waals surface area (Å²) in [7, 11) is 0. The number of amides is 1. The van der Waals surface area contributed by atoms with Crippen LogP contribution in [0.15, 0.2) is 45.5 Å². The van der Waals surface area contributed by atoms with Crippen molar-refractivity contribution in [1.82, 2.24) is 5.32 Å². The smallest absolute Gasteiger partial charge is 0.224 e. The third kappa shape index (κ3) is 4.21. The molecule has 0 saturated carbocycles. The molecule has 5 heteroatoms. The van der Waals surface area contributed by atoms with E-state index in [-0.39, 0.29) is 18.1 Å². The van der Waals surface area contributed by atoms with E-state index >= 15 is 0 Å². The Labute approximate surface area is 118 Å². The Morgan fingerprint density at radius 2 is 2.21 bits per heavy atom. The molecule has 2 rings (SSSR count). The summed E-state index contributed by atoms with van der Waals surface area (Å²) in [6.45, 7) is 0.523. The molecule has 1 N–H and O–H groups in total. The molecule has 0 spiro atoms. The van der Waals surface area contributed by atoms with E-state index in [2.05, 4.69) is 21.2 Å². The summed E-state index contributed by atoms with van der Waals surface area (Å²) in [5, 5.41) is 2.80. The van der Waals surface area contributed by atoms with Gasteiger partial charge in [0, 0.05) is 13.0 Å². The van der Waals surface area contributed by atoms with Gasteiger partial charge in [0.15, 0.2) is 0 Å².